The van der Waals surface area contributed by atoms with Gasteiger partial charge in [0.05, 0.1) is 94.4 Å². The van der Waals surface area contributed by atoms with Gasteiger partial charge in [0.15, 0.2) is 10.9 Å². The Labute approximate surface area is 454 Å². The van der Waals surface area contributed by atoms with E-state index in [1.54, 1.807) is 49.2 Å². The van der Waals surface area contributed by atoms with Crippen LogP contribution in [0, 0.1) is 17.0 Å². The van der Waals surface area contributed by atoms with Gasteiger partial charge < -0.3 is 44.7 Å². The normalized spacial score (nSPS) is 14.8. The van der Waals surface area contributed by atoms with E-state index < -0.39 is 17.3 Å². The lowest BCUT2D eigenvalue weighted by Crippen LogP contribution is -2.43. The number of ether oxygens (including phenoxy) is 4. The lowest BCUT2D eigenvalue weighted by Gasteiger charge is -2.33. The van der Waals surface area contributed by atoms with E-state index >= 15 is 0 Å². The molecule has 23 nitrogen and oxygen atoms in total. The number of nitrogens with zero attached hydrogens (tertiary/aromatic N) is 9. The summed E-state index contributed by atoms with van der Waals surface area (Å²) in [5.74, 6) is -0.344. The number of hydrogen-bond acceptors (Lipinski definition) is 17. The highest BCUT2D eigenvalue weighted by molar-refractivity contribution is 7.19. The molecule has 0 radical (unpaired) electrons. The van der Waals surface area contributed by atoms with Crippen molar-refractivity contribution < 1.29 is 51.8 Å². The van der Waals surface area contributed by atoms with E-state index in [1.165, 1.54) is 19.9 Å². The van der Waals surface area contributed by atoms with Gasteiger partial charge in [-0.2, -0.15) is 10.2 Å². The third-order valence-electron chi connectivity index (χ3n) is 13.6. The standard InChI is InChI=1S/C52H67F2N13O10S/c1-33-51(67(72)73)78-52(58-33)60-50(71)40-8-7-38(27-44(40)59-34(2)68)55-12-18-74-20-22-76-24-25-77-23-21-75-19-13-56-47(70)32-63-15-9-39(10-16-63)66-45-11-17-64(35(3)69)31-43(45)49(61-66)65-14-5-6-36-26-41(37-29-57-62(4)30-37)42(48(53)54)28-46(36)65/h7-8,26-30,39,48,55H,5-6,9-25,31-32H2,1-4H3,(H,56,70)(H,59,68)(H,58,60,71). The molecule has 2 aromatic carbocycles. The third-order valence-corrected chi connectivity index (χ3v) is 14.7. The number of likely N-dealkylation sites (tertiary alicyclic amines) is 1. The number of halogens is 2. The molecule has 420 valence electrons. The van der Waals surface area contributed by atoms with Crippen LogP contribution in [0.1, 0.15) is 84.0 Å². The number of anilines is 5. The molecule has 3 aliphatic heterocycles. The first kappa shape index (κ1) is 57.2. The molecule has 4 N–H and O–H groups in total. The van der Waals surface area contributed by atoms with Crippen molar-refractivity contribution in [1.82, 2.24) is 39.7 Å². The molecule has 0 atom stereocenters. The molecule has 78 heavy (non-hydrogen) atoms. The van der Waals surface area contributed by atoms with Gasteiger partial charge in [0.2, 0.25) is 17.7 Å². The first-order valence-electron chi connectivity index (χ1n) is 26.1. The summed E-state index contributed by atoms with van der Waals surface area (Å²) < 4.78 is 55.6. The van der Waals surface area contributed by atoms with Crippen LogP contribution in [0.4, 0.5) is 41.8 Å². The number of piperidine rings is 1. The molecule has 1 fully saturated rings. The molecule has 8 rings (SSSR count). The largest absolute Gasteiger partial charge is 0.383 e. The zero-order chi connectivity index (χ0) is 55.3. The summed E-state index contributed by atoms with van der Waals surface area (Å²) in [5.41, 5.74) is 6.05. The third kappa shape index (κ3) is 14.8. The van der Waals surface area contributed by atoms with Crippen molar-refractivity contribution >= 4 is 68.0 Å². The van der Waals surface area contributed by atoms with Crippen LogP contribution < -0.4 is 26.2 Å². The van der Waals surface area contributed by atoms with E-state index in [-0.39, 0.29) is 62.9 Å². The van der Waals surface area contributed by atoms with Crippen LogP contribution in [0.15, 0.2) is 42.7 Å². The summed E-state index contributed by atoms with van der Waals surface area (Å²) in [7, 11) is 1.77. The Morgan fingerprint density at radius 2 is 1.60 bits per heavy atom. The maximum atomic E-state index is 14.7. The molecule has 0 spiro atoms. The quantitative estimate of drug-likeness (QED) is 0.0280. The van der Waals surface area contributed by atoms with Crippen molar-refractivity contribution in [2.75, 3.05) is 120 Å². The van der Waals surface area contributed by atoms with Crippen LogP contribution in [0.3, 0.4) is 0 Å². The Morgan fingerprint density at radius 1 is 0.897 bits per heavy atom. The number of benzene rings is 2. The Morgan fingerprint density at radius 3 is 2.24 bits per heavy atom. The lowest BCUT2D eigenvalue weighted by molar-refractivity contribution is -0.380. The van der Waals surface area contributed by atoms with Crippen LogP contribution in [0.5, 0.6) is 0 Å². The van der Waals surface area contributed by atoms with E-state index in [4.69, 9.17) is 24.0 Å². The average Bonchev–Trinajstić information content (AvgIpc) is 4.18. The monoisotopic (exact) mass is 1100 g/mol. The number of carbonyl (C=O) groups is 4. The van der Waals surface area contributed by atoms with Gasteiger partial charge in [0.1, 0.15) is 5.69 Å². The number of aromatic nitrogens is 5. The lowest BCUT2D eigenvalue weighted by atomic mass is 9.92. The van der Waals surface area contributed by atoms with E-state index in [0.717, 1.165) is 65.3 Å². The summed E-state index contributed by atoms with van der Waals surface area (Å²) in [6.07, 6.45) is 4.45. The van der Waals surface area contributed by atoms with Crippen molar-refractivity contribution in [1.29, 1.82) is 0 Å². The number of thiazole rings is 1. The molecule has 5 aromatic rings. The van der Waals surface area contributed by atoms with Gasteiger partial charge in [-0.3, -0.25) is 48.9 Å². The zero-order valence-electron chi connectivity index (χ0n) is 44.3. The average molecular weight is 1100 g/mol. The first-order valence-corrected chi connectivity index (χ1v) is 26.9. The van der Waals surface area contributed by atoms with Gasteiger partial charge in [0, 0.05) is 107 Å². The predicted molar refractivity (Wildman–Crippen MR) is 288 cm³/mol. The summed E-state index contributed by atoms with van der Waals surface area (Å²) in [6.45, 7) is 11.3. The van der Waals surface area contributed by atoms with Crippen LogP contribution >= 0.6 is 11.3 Å². The van der Waals surface area contributed by atoms with Gasteiger partial charge in [-0.1, -0.05) is 0 Å². The van der Waals surface area contributed by atoms with E-state index in [2.05, 4.69) is 45.8 Å². The molecule has 6 heterocycles. The van der Waals surface area contributed by atoms with Crippen molar-refractivity contribution in [3.05, 3.63) is 86.5 Å². The maximum absolute atomic E-state index is 14.7. The van der Waals surface area contributed by atoms with Gasteiger partial charge in [-0.15, -0.1) is 0 Å². The minimum atomic E-state index is -2.69. The fraction of sp³-hybridized carbons (Fsp3) is 0.519. The summed E-state index contributed by atoms with van der Waals surface area (Å²) in [6, 6.07) is 8.39. The van der Waals surface area contributed by atoms with Crippen molar-refractivity contribution in [3.8, 4) is 11.1 Å². The number of rotatable bonds is 26. The summed E-state index contributed by atoms with van der Waals surface area (Å²) in [5, 5.41) is 31.9. The van der Waals surface area contributed by atoms with Gasteiger partial charge >= 0.3 is 5.00 Å². The number of nitro groups is 1. The molecule has 26 heteroatoms. The first-order chi connectivity index (χ1) is 37.6. The number of amides is 4. The highest BCUT2D eigenvalue weighted by Crippen LogP contribution is 2.44. The SMILES string of the molecule is CC(=O)Nc1cc(NCCOCCOCCOCCOCCNC(=O)CN2CCC(n3nc(N4CCCc5cc(-c6cnn(C)c6)c(C(F)F)cc54)c4c3CCN(C(C)=O)C4)CC2)ccc1C(=O)Nc1nc(C)c([N+](=O)[O-])s1. The van der Waals surface area contributed by atoms with Crippen LogP contribution in [-0.2, 0) is 59.8 Å². The second kappa shape index (κ2) is 27.1. The summed E-state index contributed by atoms with van der Waals surface area (Å²) in [4.78, 5) is 71.1. The van der Waals surface area contributed by atoms with Crippen LogP contribution in [0.25, 0.3) is 11.1 Å². The fourth-order valence-corrected chi connectivity index (χ4v) is 10.6. The Bertz CT molecular complexity index is 2920. The van der Waals surface area contributed by atoms with E-state index in [9.17, 15) is 38.1 Å². The minimum Gasteiger partial charge on any atom is -0.383 e. The van der Waals surface area contributed by atoms with E-state index in [0.29, 0.717) is 122 Å². The van der Waals surface area contributed by atoms with Crippen LogP contribution in [-0.4, -0.2) is 162 Å². The molecule has 3 aliphatic rings. The number of nitrogens with one attached hydrogen (secondary N) is 4. The molecule has 0 unspecified atom stereocenters. The zero-order valence-corrected chi connectivity index (χ0v) is 45.1. The molecule has 0 aliphatic carbocycles. The number of aryl methyl sites for hydroxylation is 3. The predicted octanol–water partition coefficient (Wildman–Crippen LogP) is 6.03. The Balaban J connectivity index is 0.685. The second-order valence-corrected chi connectivity index (χ2v) is 20.2. The summed E-state index contributed by atoms with van der Waals surface area (Å²) >= 11 is 0.747. The molecule has 4 amide bonds. The van der Waals surface area contributed by atoms with Gasteiger partial charge in [-0.05, 0) is 85.4 Å². The maximum Gasteiger partial charge on any atom is 0.348 e. The minimum absolute atomic E-state index is 0.0188. The smallest absolute Gasteiger partial charge is 0.348 e. The Kier molecular flexibility index (Phi) is 19.9. The number of carbonyl (C=O) groups excluding carboxylic acids is 4. The number of fused-ring (bicyclic) bond motifs is 2. The molecule has 0 saturated carbocycles. The molecule has 3 aromatic heterocycles. The molecular weight excluding hydrogens is 1040 g/mol. The van der Waals surface area contributed by atoms with Gasteiger partial charge in [0.25, 0.3) is 12.3 Å². The van der Waals surface area contributed by atoms with Crippen LogP contribution in [0.2, 0.25) is 0 Å². The number of hydrogen-bond donors (Lipinski definition) is 4. The number of alkyl halides is 2. The van der Waals surface area contributed by atoms with Gasteiger partial charge in [-0.25, -0.2) is 13.8 Å². The topological polar surface area (TPSA) is 255 Å². The molecule has 0 bridgehead atoms. The fourth-order valence-electron chi connectivity index (χ4n) is 9.87. The second-order valence-electron chi connectivity index (χ2n) is 19.2. The van der Waals surface area contributed by atoms with Crippen molar-refractivity contribution in [2.45, 2.75) is 71.9 Å². The Hall–Kier alpha value is -6.97. The highest BCUT2D eigenvalue weighted by atomic mass is 32.1. The molecule has 1 saturated heterocycles. The highest BCUT2D eigenvalue weighted by Gasteiger charge is 2.35. The van der Waals surface area contributed by atoms with Crippen molar-refractivity contribution in [2.24, 2.45) is 7.05 Å². The van der Waals surface area contributed by atoms with Crippen molar-refractivity contribution in [3.63, 3.8) is 0 Å². The molecular formula is C52H67F2N13O10S. The van der Waals surface area contributed by atoms with E-state index in [1.807, 2.05) is 11.0 Å².